The number of aromatic amines is 2. The number of carbonyl (C=O) groups is 3. The first kappa shape index (κ1) is 25.9. The molecule has 0 radical (unpaired) electrons. The standard InChI is InChI=1S/C23H29N5O6S/c1-3-12(2)34-22(33)17(7-8-18(29)30)26-20(31)13-9-15(35-11-13)6-4-5-14-10-16-19(25-14)27-23(24)28-21(16)32/h9-12,17H,3-8H2,1-2H3,(H,26,31)(H,29,30)(H4,24,25,27,28,32). The number of ether oxygens (including phenoxy) is 1. The third-order valence-corrected chi connectivity index (χ3v) is 6.48. The van der Waals surface area contributed by atoms with Gasteiger partial charge in [0.25, 0.3) is 11.5 Å². The van der Waals surface area contributed by atoms with E-state index < -0.39 is 23.9 Å². The second-order valence-electron chi connectivity index (χ2n) is 8.28. The Morgan fingerprint density at radius 2 is 2.03 bits per heavy atom. The van der Waals surface area contributed by atoms with Crippen molar-refractivity contribution in [2.75, 3.05) is 5.73 Å². The molecule has 35 heavy (non-hydrogen) atoms. The highest BCUT2D eigenvalue weighted by Gasteiger charge is 2.25. The molecule has 1 amide bonds. The quantitative estimate of drug-likeness (QED) is 0.234. The van der Waals surface area contributed by atoms with Crippen LogP contribution < -0.4 is 16.6 Å². The molecule has 0 fully saturated rings. The van der Waals surface area contributed by atoms with Gasteiger partial charge in [-0.2, -0.15) is 4.98 Å². The van der Waals surface area contributed by atoms with Gasteiger partial charge in [-0.25, -0.2) is 4.79 Å². The lowest BCUT2D eigenvalue weighted by Crippen LogP contribution is -2.43. The topological polar surface area (TPSA) is 180 Å². The molecule has 3 rings (SSSR count). The van der Waals surface area contributed by atoms with Crippen LogP contribution in [0.3, 0.4) is 0 Å². The van der Waals surface area contributed by atoms with Crippen LogP contribution in [0.25, 0.3) is 11.0 Å². The lowest BCUT2D eigenvalue weighted by atomic mass is 10.1. The summed E-state index contributed by atoms with van der Waals surface area (Å²) in [5.74, 6) is -2.10. The van der Waals surface area contributed by atoms with Crippen molar-refractivity contribution in [3.8, 4) is 0 Å². The number of hydrogen-bond donors (Lipinski definition) is 5. The number of fused-ring (bicyclic) bond motifs is 1. The minimum Gasteiger partial charge on any atom is -0.481 e. The number of hydrogen-bond acceptors (Lipinski definition) is 8. The van der Waals surface area contributed by atoms with E-state index in [1.54, 1.807) is 24.4 Å². The van der Waals surface area contributed by atoms with Gasteiger partial charge < -0.3 is 25.9 Å². The van der Waals surface area contributed by atoms with E-state index in [2.05, 4.69) is 20.3 Å². The number of anilines is 1. The Balaban J connectivity index is 1.57. The van der Waals surface area contributed by atoms with Gasteiger partial charge in [0.2, 0.25) is 5.95 Å². The van der Waals surface area contributed by atoms with Crippen LogP contribution in [-0.4, -0.2) is 50.1 Å². The van der Waals surface area contributed by atoms with Gasteiger partial charge in [-0.15, -0.1) is 11.3 Å². The summed E-state index contributed by atoms with van der Waals surface area (Å²) >= 11 is 1.43. The van der Waals surface area contributed by atoms with Gasteiger partial charge in [-0.1, -0.05) is 6.92 Å². The largest absolute Gasteiger partial charge is 0.481 e. The van der Waals surface area contributed by atoms with Crippen molar-refractivity contribution >= 4 is 46.2 Å². The normalized spacial score (nSPS) is 12.9. The number of nitrogens with one attached hydrogen (secondary N) is 3. The van der Waals surface area contributed by atoms with Crippen molar-refractivity contribution < 1.29 is 24.2 Å². The predicted octanol–water partition coefficient (Wildman–Crippen LogP) is 2.38. The fraction of sp³-hybridized carbons (Fsp3) is 0.435. The molecule has 0 saturated carbocycles. The third kappa shape index (κ3) is 7.15. The zero-order valence-corrected chi connectivity index (χ0v) is 20.4. The second-order valence-corrected chi connectivity index (χ2v) is 9.27. The monoisotopic (exact) mass is 503 g/mol. The zero-order chi connectivity index (χ0) is 25.5. The van der Waals surface area contributed by atoms with Gasteiger partial charge in [0.05, 0.1) is 17.1 Å². The number of rotatable bonds is 12. The minimum absolute atomic E-state index is 0.0543. The molecule has 6 N–H and O–H groups in total. The lowest BCUT2D eigenvalue weighted by Gasteiger charge is -2.19. The molecule has 0 aliphatic heterocycles. The highest BCUT2D eigenvalue weighted by Crippen LogP contribution is 2.19. The smallest absolute Gasteiger partial charge is 0.328 e. The molecule has 188 valence electrons. The molecule has 0 bridgehead atoms. The number of H-pyrrole nitrogens is 2. The highest BCUT2D eigenvalue weighted by molar-refractivity contribution is 7.10. The van der Waals surface area contributed by atoms with Crippen LogP contribution >= 0.6 is 11.3 Å². The number of nitrogens with two attached hydrogens (primary N) is 1. The molecule has 0 saturated heterocycles. The van der Waals surface area contributed by atoms with Crippen LogP contribution in [0.4, 0.5) is 5.95 Å². The molecule has 2 atom stereocenters. The number of aliphatic carboxylic acids is 1. The first-order valence-corrected chi connectivity index (χ1v) is 12.2. The number of amides is 1. The molecule has 0 spiro atoms. The third-order valence-electron chi connectivity index (χ3n) is 5.49. The number of carboxylic acids is 1. The molecule has 0 aliphatic rings. The summed E-state index contributed by atoms with van der Waals surface area (Å²) in [7, 11) is 0. The molecule has 3 heterocycles. The van der Waals surface area contributed by atoms with E-state index in [0.29, 0.717) is 35.9 Å². The number of carbonyl (C=O) groups excluding carboxylic acids is 2. The fourth-order valence-corrected chi connectivity index (χ4v) is 4.34. The van der Waals surface area contributed by atoms with Gasteiger partial charge >= 0.3 is 11.9 Å². The number of esters is 1. The van der Waals surface area contributed by atoms with Crippen LogP contribution in [-0.2, 0) is 27.2 Å². The van der Waals surface area contributed by atoms with Crippen molar-refractivity contribution in [2.24, 2.45) is 0 Å². The zero-order valence-electron chi connectivity index (χ0n) is 19.6. The number of carboxylic acid groups (broad SMARTS) is 1. The molecule has 3 aromatic rings. The van der Waals surface area contributed by atoms with Crippen molar-refractivity contribution in [1.82, 2.24) is 20.3 Å². The average Bonchev–Trinajstić information content (AvgIpc) is 3.43. The summed E-state index contributed by atoms with van der Waals surface area (Å²) in [5.41, 5.74) is 6.99. The Bertz CT molecular complexity index is 1260. The summed E-state index contributed by atoms with van der Waals surface area (Å²) < 4.78 is 5.29. The molecule has 3 aromatic heterocycles. The minimum atomic E-state index is -1.06. The maximum atomic E-state index is 12.7. The summed E-state index contributed by atoms with van der Waals surface area (Å²) in [5, 5.41) is 13.7. The van der Waals surface area contributed by atoms with Gasteiger partial charge in [-0.05, 0) is 51.2 Å². The van der Waals surface area contributed by atoms with Gasteiger partial charge in [0, 0.05) is 22.4 Å². The Morgan fingerprint density at radius 1 is 1.26 bits per heavy atom. The van der Waals surface area contributed by atoms with Crippen LogP contribution in [0.15, 0.2) is 22.3 Å². The Hall–Kier alpha value is -3.67. The summed E-state index contributed by atoms with van der Waals surface area (Å²) in [6.45, 7) is 3.60. The van der Waals surface area contributed by atoms with Crippen molar-refractivity contribution in [3.63, 3.8) is 0 Å². The SMILES string of the molecule is CCC(C)OC(=O)C(CCC(=O)O)NC(=O)c1csc(CCCc2cc3c(=O)[nH]c(N)nc3[nH]2)c1. The Kier molecular flexibility index (Phi) is 8.63. The summed E-state index contributed by atoms with van der Waals surface area (Å²) in [4.78, 5) is 58.7. The first-order valence-electron chi connectivity index (χ1n) is 11.3. The first-order chi connectivity index (χ1) is 16.7. The molecular weight excluding hydrogens is 474 g/mol. The molecule has 11 nitrogen and oxygen atoms in total. The second kappa shape index (κ2) is 11.6. The fourth-order valence-electron chi connectivity index (χ4n) is 3.43. The van der Waals surface area contributed by atoms with E-state index in [1.807, 2.05) is 6.92 Å². The Labute approximate surface area is 205 Å². The van der Waals surface area contributed by atoms with Crippen molar-refractivity contribution in [3.05, 3.63) is 44.0 Å². The summed E-state index contributed by atoms with van der Waals surface area (Å²) in [6, 6.07) is 2.47. The highest BCUT2D eigenvalue weighted by atomic mass is 32.1. The van der Waals surface area contributed by atoms with Crippen molar-refractivity contribution in [2.45, 2.75) is 64.5 Å². The summed E-state index contributed by atoms with van der Waals surface area (Å²) in [6.07, 6.45) is 2.11. The van der Waals surface area contributed by atoms with Crippen molar-refractivity contribution in [1.29, 1.82) is 0 Å². The predicted molar refractivity (Wildman–Crippen MR) is 131 cm³/mol. The number of nitrogens with zero attached hydrogens (tertiary/aromatic N) is 1. The maximum Gasteiger partial charge on any atom is 0.328 e. The van der Waals surface area contributed by atoms with E-state index in [1.165, 1.54) is 11.3 Å². The number of aryl methyl sites for hydroxylation is 2. The maximum absolute atomic E-state index is 12.7. The van der Waals surface area contributed by atoms with Crippen LogP contribution in [0.1, 0.15) is 60.5 Å². The van der Waals surface area contributed by atoms with Gasteiger partial charge in [-0.3, -0.25) is 19.4 Å². The molecular formula is C23H29N5O6S. The van der Waals surface area contributed by atoms with Gasteiger partial charge in [0.15, 0.2) is 0 Å². The Morgan fingerprint density at radius 3 is 2.74 bits per heavy atom. The molecule has 12 heteroatoms. The lowest BCUT2D eigenvalue weighted by molar-refractivity contribution is -0.151. The number of thiophene rings is 1. The number of aromatic nitrogens is 3. The van der Waals surface area contributed by atoms with Crippen LogP contribution in [0.2, 0.25) is 0 Å². The van der Waals surface area contributed by atoms with E-state index in [-0.39, 0.29) is 30.5 Å². The van der Waals surface area contributed by atoms with E-state index in [4.69, 9.17) is 15.6 Å². The average molecular weight is 504 g/mol. The van der Waals surface area contributed by atoms with Crippen LogP contribution in [0, 0.1) is 0 Å². The van der Waals surface area contributed by atoms with Crippen LogP contribution in [0.5, 0.6) is 0 Å². The van der Waals surface area contributed by atoms with Gasteiger partial charge in [0.1, 0.15) is 11.7 Å². The molecule has 2 unspecified atom stereocenters. The molecule has 0 aromatic carbocycles. The van der Waals surface area contributed by atoms with E-state index in [0.717, 1.165) is 17.0 Å². The molecule has 0 aliphatic carbocycles. The van der Waals surface area contributed by atoms with E-state index in [9.17, 15) is 19.2 Å². The van der Waals surface area contributed by atoms with E-state index >= 15 is 0 Å². The number of nitrogen functional groups attached to an aromatic ring is 1.